The minimum absolute atomic E-state index is 0.0608. The van der Waals surface area contributed by atoms with Crippen molar-refractivity contribution in [2.24, 2.45) is 0 Å². The highest BCUT2D eigenvalue weighted by molar-refractivity contribution is 5.95. The van der Waals surface area contributed by atoms with Gasteiger partial charge in [-0.3, -0.25) is 4.79 Å². The van der Waals surface area contributed by atoms with Crippen molar-refractivity contribution >= 4 is 5.91 Å². The van der Waals surface area contributed by atoms with E-state index in [-0.39, 0.29) is 17.9 Å². The Morgan fingerprint density at radius 3 is 2.57 bits per heavy atom. The number of pyridine rings is 1. The number of amides is 1. The van der Waals surface area contributed by atoms with Crippen LogP contribution in [0.2, 0.25) is 0 Å². The van der Waals surface area contributed by atoms with Crippen LogP contribution in [0.25, 0.3) is 17.3 Å². The lowest BCUT2D eigenvalue weighted by Crippen LogP contribution is -2.34. The second kappa shape index (κ2) is 8.77. The summed E-state index contributed by atoms with van der Waals surface area (Å²) in [6.07, 6.45) is 10.3. The lowest BCUT2D eigenvalue weighted by Gasteiger charge is -2.16. The Balaban J connectivity index is 1.49. The SMILES string of the molecule is Cc1c(C(=O)NC2CCCCCC2)cnn1-c1ccc(-c2nc(C(C)C)no2)cn1. The fraction of sp³-hybridized carbons (Fsp3) is 0.500. The van der Waals surface area contributed by atoms with Crippen molar-refractivity contribution in [3.63, 3.8) is 0 Å². The smallest absolute Gasteiger partial charge is 0.259 e. The first-order valence-corrected chi connectivity index (χ1v) is 10.7. The van der Waals surface area contributed by atoms with Crippen LogP contribution in [0, 0.1) is 6.92 Å². The van der Waals surface area contributed by atoms with Crippen molar-refractivity contribution in [2.75, 3.05) is 0 Å². The Labute approximate surface area is 176 Å². The Kier molecular flexibility index (Phi) is 5.92. The van der Waals surface area contributed by atoms with Gasteiger partial charge in [0.15, 0.2) is 11.6 Å². The number of carbonyl (C=O) groups excluding carboxylic acids is 1. The van der Waals surface area contributed by atoms with Crippen LogP contribution in [0.1, 0.15) is 80.2 Å². The normalized spacial score (nSPS) is 15.3. The summed E-state index contributed by atoms with van der Waals surface area (Å²) in [4.78, 5) is 21.7. The predicted molar refractivity (Wildman–Crippen MR) is 112 cm³/mol. The molecule has 1 fully saturated rings. The predicted octanol–water partition coefficient (Wildman–Crippen LogP) is 4.20. The van der Waals surface area contributed by atoms with Gasteiger partial charge >= 0.3 is 0 Å². The number of nitrogens with zero attached hydrogens (tertiary/aromatic N) is 5. The first-order chi connectivity index (χ1) is 14.5. The van der Waals surface area contributed by atoms with Gasteiger partial charge in [-0.25, -0.2) is 9.67 Å². The van der Waals surface area contributed by atoms with E-state index in [9.17, 15) is 4.79 Å². The number of aromatic nitrogens is 5. The summed E-state index contributed by atoms with van der Waals surface area (Å²) in [5.74, 6) is 1.88. The molecule has 3 aromatic heterocycles. The van der Waals surface area contributed by atoms with Crippen LogP contribution in [0.5, 0.6) is 0 Å². The van der Waals surface area contributed by atoms with Gasteiger partial charge in [-0.1, -0.05) is 44.7 Å². The molecule has 1 aliphatic rings. The van der Waals surface area contributed by atoms with Crippen molar-refractivity contribution in [1.29, 1.82) is 0 Å². The summed E-state index contributed by atoms with van der Waals surface area (Å²) >= 11 is 0. The molecule has 0 aromatic carbocycles. The molecule has 8 nitrogen and oxygen atoms in total. The molecule has 0 spiro atoms. The molecule has 1 saturated carbocycles. The van der Waals surface area contributed by atoms with Gasteiger partial charge in [-0.2, -0.15) is 10.1 Å². The molecular formula is C22H28N6O2. The van der Waals surface area contributed by atoms with E-state index >= 15 is 0 Å². The molecule has 0 saturated heterocycles. The first-order valence-electron chi connectivity index (χ1n) is 10.7. The van der Waals surface area contributed by atoms with Gasteiger partial charge in [0.1, 0.15) is 0 Å². The maximum Gasteiger partial charge on any atom is 0.259 e. The van der Waals surface area contributed by atoms with Crippen LogP contribution in [0.4, 0.5) is 0 Å². The van der Waals surface area contributed by atoms with Gasteiger partial charge in [-0.15, -0.1) is 0 Å². The van der Waals surface area contributed by atoms with Crippen LogP contribution in [0.15, 0.2) is 29.0 Å². The first kappa shape index (κ1) is 20.3. The van der Waals surface area contributed by atoms with Crippen LogP contribution >= 0.6 is 0 Å². The standard InChI is InChI=1S/C22H28N6O2/c1-14(2)20-26-22(30-27-20)16-10-11-19(23-12-16)28-15(3)18(13-24-28)21(29)25-17-8-6-4-5-7-9-17/h10-14,17H,4-9H2,1-3H3,(H,25,29). The van der Waals surface area contributed by atoms with Crippen LogP contribution in [-0.2, 0) is 0 Å². The molecule has 0 unspecified atom stereocenters. The molecule has 3 aromatic rings. The molecule has 30 heavy (non-hydrogen) atoms. The van der Waals surface area contributed by atoms with Crippen LogP contribution < -0.4 is 5.32 Å². The molecule has 0 bridgehead atoms. The molecule has 1 N–H and O–H groups in total. The molecule has 8 heteroatoms. The van der Waals surface area contributed by atoms with Gasteiger partial charge in [0.25, 0.3) is 11.8 Å². The third kappa shape index (κ3) is 4.27. The Hall–Kier alpha value is -3.03. The van der Waals surface area contributed by atoms with E-state index in [1.165, 1.54) is 25.7 Å². The Morgan fingerprint density at radius 2 is 1.93 bits per heavy atom. The minimum atomic E-state index is -0.0608. The molecule has 3 heterocycles. The number of rotatable bonds is 5. The highest BCUT2D eigenvalue weighted by Gasteiger charge is 2.20. The summed E-state index contributed by atoms with van der Waals surface area (Å²) in [6, 6.07) is 3.96. The molecule has 158 valence electrons. The van der Waals surface area contributed by atoms with E-state index in [2.05, 4.69) is 25.5 Å². The third-order valence-electron chi connectivity index (χ3n) is 5.61. The van der Waals surface area contributed by atoms with Crippen molar-refractivity contribution in [3.8, 4) is 17.3 Å². The lowest BCUT2D eigenvalue weighted by atomic mass is 10.1. The fourth-order valence-electron chi connectivity index (χ4n) is 3.77. The molecule has 4 rings (SSSR count). The Bertz CT molecular complexity index is 997. The molecule has 1 amide bonds. The summed E-state index contributed by atoms with van der Waals surface area (Å²) in [7, 11) is 0. The fourth-order valence-corrected chi connectivity index (χ4v) is 3.77. The molecule has 0 aliphatic heterocycles. The second-order valence-electron chi connectivity index (χ2n) is 8.23. The molecular weight excluding hydrogens is 380 g/mol. The van der Waals surface area contributed by atoms with E-state index < -0.39 is 0 Å². The zero-order valence-electron chi connectivity index (χ0n) is 17.8. The topological polar surface area (TPSA) is 98.7 Å². The van der Waals surface area contributed by atoms with E-state index in [1.54, 1.807) is 17.1 Å². The zero-order valence-corrected chi connectivity index (χ0v) is 17.8. The third-order valence-corrected chi connectivity index (χ3v) is 5.61. The highest BCUT2D eigenvalue weighted by atomic mass is 16.5. The monoisotopic (exact) mass is 408 g/mol. The van der Waals surface area contributed by atoms with E-state index in [1.807, 2.05) is 32.9 Å². The number of carbonyl (C=O) groups is 1. The summed E-state index contributed by atoms with van der Waals surface area (Å²) in [6.45, 7) is 5.91. The number of hydrogen-bond acceptors (Lipinski definition) is 6. The van der Waals surface area contributed by atoms with Crippen LogP contribution in [0.3, 0.4) is 0 Å². The highest BCUT2D eigenvalue weighted by Crippen LogP contribution is 2.22. The lowest BCUT2D eigenvalue weighted by molar-refractivity contribution is 0.0932. The van der Waals surface area contributed by atoms with Gasteiger partial charge in [0.05, 0.1) is 23.0 Å². The largest absolute Gasteiger partial charge is 0.349 e. The van der Waals surface area contributed by atoms with Gasteiger partial charge in [0.2, 0.25) is 0 Å². The van der Waals surface area contributed by atoms with Gasteiger partial charge in [-0.05, 0) is 31.9 Å². The quantitative estimate of drug-likeness (QED) is 0.635. The maximum absolute atomic E-state index is 12.8. The van der Waals surface area contributed by atoms with Crippen molar-refractivity contribution < 1.29 is 9.32 Å². The van der Waals surface area contributed by atoms with Gasteiger partial charge < -0.3 is 9.84 Å². The second-order valence-corrected chi connectivity index (χ2v) is 8.23. The summed E-state index contributed by atoms with van der Waals surface area (Å²) in [5.41, 5.74) is 2.10. The minimum Gasteiger partial charge on any atom is -0.349 e. The summed E-state index contributed by atoms with van der Waals surface area (Å²) in [5, 5.41) is 11.6. The molecule has 0 atom stereocenters. The van der Waals surface area contributed by atoms with E-state index in [0.717, 1.165) is 24.1 Å². The molecule has 1 aliphatic carbocycles. The van der Waals surface area contributed by atoms with E-state index in [0.29, 0.717) is 23.1 Å². The van der Waals surface area contributed by atoms with E-state index in [4.69, 9.17) is 4.52 Å². The van der Waals surface area contributed by atoms with Gasteiger partial charge in [0, 0.05) is 18.2 Å². The average molecular weight is 409 g/mol. The van der Waals surface area contributed by atoms with Crippen molar-refractivity contribution in [1.82, 2.24) is 30.2 Å². The Morgan fingerprint density at radius 1 is 1.17 bits per heavy atom. The summed E-state index contributed by atoms with van der Waals surface area (Å²) < 4.78 is 7.00. The van der Waals surface area contributed by atoms with Crippen molar-refractivity contribution in [3.05, 3.63) is 41.6 Å². The average Bonchev–Trinajstić information content (AvgIpc) is 3.30. The maximum atomic E-state index is 12.8. The van der Waals surface area contributed by atoms with Crippen molar-refractivity contribution in [2.45, 2.75) is 71.3 Å². The zero-order chi connectivity index (χ0) is 21.1. The molecule has 0 radical (unpaired) electrons. The number of nitrogens with one attached hydrogen (secondary N) is 1. The van der Waals surface area contributed by atoms with Crippen LogP contribution in [-0.4, -0.2) is 36.9 Å². The number of hydrogen-bond donors (Lipinski definition) is 1.